The summed E-state index contributed by atoms with van der Waals surface area (Å²) < 4.78 is 1.72. The van der Waals surface area contributed by atoms with Gasteiger partial charge in [0.25, 0.3) is 5.91 Å². The standard InChI is InChI=1S/C21H23N5O3/c1-25(12-27)7-5-16(28)3-2-13-4-6-23-18(11-13)26-17-10-14-8-15(9-14)19(17)20(24-26)21(22)29/h4,6,11-12,14-16,28H,5,7-10H2,1H3,(H2,22,29)/t14?,15?,16-/m0/s1. The molecule has 8 nitrogen and oxygen atoms in total. The van der Waals surface area contributed by atoms with E-state index in [1.54, 1.807) is 30.1 Å². The smallest absolute Gasteiger partial charge is 0.269 e. The SMILES string of the molecule is CN(C=O)CC[C@@H](O)C#Cc1ccnc(-n2nc(C(N)=O)c3c2CC2CC3C2)c1. The lowest BCUT2D eigenvalue weighted by molar-refractivity contribution is -0.117. The fraction of sp³-hybridized carbons (Fsp3) is 0.429. The van der Waals surface area contributed by atoms with E-state index in [-0.39, 0.29) is 0 Å². The van der Waals surface area contributed by atoms with E-state index >= 15 is 0 Å². The van der Waals surface area contributed by atoms with Crippen LogP contribution >= 0.6 is 0 Å². The maximum Gasteiger partial charge on any atom is 0.269 e. The second-order valence-electron chi connectivity index (χ2n) is 7.79. The van der Waals surface area contributed by atoms with E-state index in [4.69, 9.17) is 5.73 Å². The summed E-state index contributed by atoms with van der Waals surface area (Å²) >= 11 is 0. The second kappa shape index (κ2) is 7.68. The molecule has 3 aliphatic carbocycles. The van der Waals surface area contributed by atoms with Crippen molar-refractivity contribution in [2.45, 2.75) is 37.7 Å². The van der Waals surface area contributed by atoms with Crippen LogP contribution in [0.2, 0.25) is 0 Å². The van der Waals surface area contributed by atoms with Gasteiger partial charge in [0, 0.05) is 37.3 Å². The van der Waals surface area contributed by atoms with Gasteiger partial charge in [0.2, 0.25) is 6.41 Å². The number of aromatic nitrogens is 3. The van der Waals surface area contributed by atoms with Gasteiger partial charge in [-0.05, 0) is 43.2 Å². The number of pyridine rings is 1. The molecule has 8 heteroatoms. The number of primary amides is 1. The zero-order valence-electron chi connectivity index (χ0n) is 16.2. The van der Waals surface area contributed by atoms with Gasteiger partial charge in [-0.15, -0.1) is 0 Å². The molecule has 0 aromatic carbocycles. The Bertz CT molecular complexity index is 1010. The molecule has 2 aromatic heterocycles. The Hall–Kier alpha value is -3.18. The van der Waals surface area contributed by atoms with Gasteiger partial charge in [0.15, 0.2) is 11.5 Å². The van der Waals surface area contributed by atoms with Crippen LogP contribution in [-0.4, -0.2) is 56.8 Å². The van der Waals surface area contributed by atoms with Gasteiger partial charge < -0.3 is 15.7 Å². The van der Waals surface area contributed by atoms with Crippen LogP contribution in [0.15, 0.2) is 18.3 Å². The number of hydrogen-bond acceptors (Lipinski definition) is 5. The van der Waals surface area contributed by atoms with E-state index < -0.39 is 12.0 Å². The van der Waals surface area contributed by atoms with Gasteiger partial charge in [-0.2, -0.15) is 5.10 Å². The molecule has 0 spiro atoms. The molecule has 0 unspecified atom stereocenters. The maximum atomic E-state index is 11.9. The molecule has 29 heavy (non-hydrogen) atoms. The van der Waals surface area contributed by atoms with E-state index in [9.17, 15) is 14.7 Å². The van der Waals surface area contributed by atoms with Crippen LogP contribution in [0.3, 0.4) is 0 Å². The molecule has 3 aliphatic rings. The summed E-state index contributed by atoms with van der Waals surface area (Å²) in [4.78, 5) is 28.4. The van der Waals surface area contributed by atoms with Crippen LogP contribution in [0, 0.1) is 17.8 Å². The van der Waals surface area contributed by atoms with E-state index in [2.05, 4.69) is 21.9 Å². The van der Waals surface area contributed by atoms with Crippen LogP contribution in [0.1, 0.15) is 52.5 Å². The molecule has 1 fully saturated rings. The third-order valence-corrected chi connectivity index (χ3v) is 5.66. The van der Waals surface area contributed by atoms with Crippen molar-refractivity contribution in [3.63, 3.8) is 0 Å². The van der Waals surface area contributed by atoms with E-state index in [0.29, 0.717) is 48.3 Å². The predicted molar refractivity (Wildman–Crippen MR) is 105 cm³/mol. The summed E-state index contributed by atoms with van der Waals surface area (Å²) in [5.41, 5.74) is 8.59. The average molecular weight is 393 g/mol. The molecular weight excluding hydrogens is 370 g/mol. The number of rotatable bonds is 6. The van der Waals surface area contributed by atoms with Crippen molar-refractivity contribution >= 4 is 12.3 Å². The van der Waals surface area contributed by atoms with Crippen molar-refractivity contribution in [2.75, 3.05) is 13.6 Å². The number of amides is 2. The third kappa shape index (κ3) is 3.74. The first-order valence-electron chi connectivity index (χ1n) is 9.69. The molecule has 2 amide bonds. The number of carbonyl (C=O) groups excluding carboxylic acids is 2. The van der Waals surface area contributed by atoms with Gasteiger partial charge in [0.1, 0.15) is 6.10 Å². The summed E-state index contributed by atoms with van der Waals surface area (Å²) in [5.74, 6) is 6.80. The summed E-state index contributed by atoms with van der Waals surface area (Å²) in [5, 5.41) is 14.5. The summed E-state index contributed by atoms with van der Waals surface area (Å²) in [7, 11) is 1.65. The number of aliphatic hydroxyl groups is 1. The molecule has 1 atom stereocenters. The highest BCUT2D eigenvalue weighted by molar-refractivity contribution is 5.93. The molecular formula is C21H23N5O3. The first-order chi connectivity index (χ1) is 14.0. The zero-order chi connectivity index (χ0) is 20.5. The number of hydrogen-bond donors (Lipinski definition) is 2. The van der Waals surface area contributed by atoms with E-state index in [0.717, 1.165) is 30.5 Å². The topological polar surface area (TPSA) is 114 Å². The molecule has 5 rings (SSSR count). The van der Waals surface area contributed by atoms with Crippen molar-refractivity contribution in [3.8, 4) is 17.7 Å². The average Bonchev–Trinajstić information content (AvgIpc) is 3.10. The lowest BCUT2D eigenvalue weighted by atomic mass is 9.64. The number of nitrogens with zero attached hydrogens (tertiary/aromatic N) is 4. The van der Waals surface area contributed by atoms with Crippen molar-refractivity contribution < 1.29 is 14.7 Å². The summed E-state index contributed by atoms with van der Waals surface area (Å²) in [6, 6.07) is 3.54. The minimum Gasteiger partial charge on any atom is -0.380 e. The normalized spacial score (nSPS) is 19.9. The van der Waals surface area contributed by atoms with Crippen molar-refractivity contribution in [1.29, 1.82) is 0 Å². The van der Waals surface area contributed by atoms with Gasteiger partial charge in [-0.3, -0.25) is 9.59 Å². The van der Waals surface area contributed by atoms with Crippen LogP contribution in [-0.2, 0) is 11.2 Å². The largest absolute Gasteiger partial charge is 0.380 e. The minimum atomic E-state index is -0.833. The Balaban J connectivity index is 1.59. The monoisotopic (exact) mass is 393 g/mol. The van der Waals surface area contributed by atoms with Crippen molar-refractivity contribution in [3.05, 3.63) is 40.8 Å². The maximum absolute atomic E-state index is 11.9. The summed E-state index contributed by atoms with van der Waals surface area (Å²) in [6.45, 7) is 0.429. The molecule has 2 bridgehead atoms. The number of aliphatic hydroxyl groups excluding tert-OH is 1. The first kappa shape index (κ1) is 19.2. The van der Waals surface area contributed by atoms with Crippen LogP contribution < -0.4 is 5.73 Å². The van der Waals surface area contributed by atoms with Gasteiger partial charge >= 0.3 is 0 Å². The molecule has 2 heterocycles. The second-order valence-corrected chi connectivity index (χ2v) is 7.79. The van der Waals surface area contributed by atoms with Crippen LogP contribution in [0.25, 0.3) is 5.82 Å². The number of nitrogens with two attached hydrogens (primary N) is 1. The van der Waals surface area contributed by atoms with E-state index in [1.165, 1.54) is 4.90 Å². The Morgan fingerprint density at radius 1 is 1.52 bits per heavy atom. The van der Waals surface area contributed by atoms with Crippen LogP contribution in [0.4, 0.5) is 0 Å². The highest BCUT2D eigenvalue weighted by Crippen LogP contribution is 2.51. The molecule has 1 saturated carbocycles. The van der Waals surface area contributed by atoms with Gasteiger partial charge in [-0.1, -0.05) is 11.8 Å². The number of carbonyl (C=O) groups is 2. The molecule has 3 N–H and O–H groups in total. The van der Waals surface area contributed by atoms with Crippen LogP contribution in [0.5, 0.6) is 0 Å². The lowest BCUT2D eigenvalue weighted by Crippen LogP contribution is -2.32. The lowest BCUT2D eigenvalue weighted by Gasteiger charge is -2.41. The highest BCUT2D eigenvalue weighted by Gasteiger charge is 2.42. The Morgan fingerprint density at radius 2 is 2.31 bits per heavy atom. The molecule has 0 aliphatic heterocycles. The van der Waals surface area contributed by atoms with Gasteiger partial charge in [0.05, 0.1) is 5.69 Å². The van der Waals surface area contributed by atoms with Crippen molar-refractivity contribution in [2.24, 2.45) is 11.7 Å². The highest BCUT2D eigenvalue weighted by atomic mass is 16.3. The molecule has 2 aromatic rings. The Morgan fingerprint density at radius 3 is 3.03 bits per heavy atom. The Kier molecular flexibility index (Phi) is 5.07. The fourth-order valence-corrected chi connectivity index (χ4v) is 4.10. The zero-order valence-corrected chi connectivity index (χ0v) is 16.2. The minimum absolute atomic E-state index is 0.344. The molecule has 150 valence electrons. The fourth-order valence-electron chi connectivity index (χ4n) is 4.10. The summed E-state index contributed by atoms with van der Waals surface area (Å²) in [6.07, 6.45) is 4.94. The van der Waals surface area contributed by atoms with Crippen molar-refractivity contribution in [1.82, 2.24) is 19.7 Å². The van der Waals surface area contributed by atoms with E-state index in [1.807, 2.05) is 0 Å². The molecule has 0 radical (unpaired) electrons. The van der Waals surface area contributed by atoms with Gasteiger partial charge in [-0.25, -0.2) is 9.67 Å². The quantitative estimate of drug-likeness (QED) is 0.551. The Labute approximate surface area is 168 Å². The third-order valence-electron chi connectivity index (χ3n) is 5.66. The predicted octanol–water partition coefficient (Wildman–Crippen LogP) is 0.607. The molecule has 0 saturated heterocycles. The first-order valence-corrected chi connectivity index (χ1v) is 9.69.